The first kappa shape index (κ1) is 14.1. The van der Waals surface area contributed by atoms with Crippen LogP contribution in [0.25, 0.3) is 5.95 Å². The molecule has 0 saturated heterocycles. The molecule has 0 aliphatic carbocycles. The molecule has 0 aliphatic heterocycles. The van der Waals surface area contributed by atoms with Crippen LogP contribution in [-0.4, -0.2) is 56.0 Å². The predicted octanol–water partition coefficient (Wildman–Crippen LogP) is 0.331. The molecule has 2 rings (SSSR count). The van der Waals surface area contributed by atoms with E-state index in [0.717, 1.165) is 0 Å². The van der Waals surface area contributed by atoms with Gasteiger partial charge in [0.05, 0.1) is 6.10 Å². The molecular formula is C11H18N8O. The van der Waals surface area contributed by atoms with Gasteiger partial charge in [-0.3, -0.25) is 0 Å². The quantitative estimate of drug-likeness (QED) is 0.747. The molecule has 2 N–H and O–H groups in total. The summed E-state index contributed by atoms with van der Waals surface area (Å²) < 4.78 is 6.92. The lowest BCUT2D eigenvalue weighted by Crippen LogP contribution is -2.21. The minimum atomic E-state index is 0.0737. The van der Waals surface area contributed by atoms with Crippen LogP contribution in [0.2, 0.25) is 0 Å². The Hall–Kier alpha value is -2.29. The Morgan fingerprint density at radius 3 is 2.75 bits per heavy atom. The standard InChI is InChI=1S/C11H18N8O/c1-4-20-8(2)5-14-10-16-9(12-3)17-11(18-10)19-7-13-6-15-19/h6-8H,4-5H2,1-3H3,(H2,12,14,16,17,18). The number of aromatic nitrogens is 6. The molecule has 0 fully saturated rings. The molecule has 0 aliphatic rings. The summed E-state index contributed by atoms with van der Waals surface area (Å²) in [6.45, 7) is 5.22. The number of hydrogen-bond donors (Lipinski definition) is 2. The summed E-state index contributed by atoms with van der Waals surface area (Å²) in [5.41, 5.74) is 0. The van der Waals surface area contributed by atoms with Gasteiger partial charge in [-0.05, 0) is 13.8 Å². The van der Waals surface area contributed by atoms with Crippen LogP contribution < -0.4 is 10.6 Å². The second kappa shape index (κ2) is 6.75. The van der Waals surface area contributed by atoms with Gasteiger partial charge in [0, 0.05) is 20.2 Å². The van der Waals surface area contributed by atoms with Crippen LogP contribution in [0, 0.1) is 0 Å². The highest BCUT2D eigenvalue weighted by molar-refractivity contribution is 5.37. The molecule has 9 heteroatoms. The van der Waals surface area contributed by atoms with E-state index in [1.165, 1.54) is 17.3 Å². The van der Waals surface area contributed by atoms with Gasteiger partial charge in [0.1, 0.15) is 12.7 Å². The highest BCUT2D eigenvalue weighted by Gasteiger charge is 2.09. The fraction of sp³-hybridized carbons (Fsp3) is 0.545. The average Bonchev–Trinajstić information content (AvgIpc) is 2.99. The molecule has 1 atom stereocenters. The largest absolute Gasteiger partial charge is 0.377 e. The highest BCUT2D eigenvalue weighted by Crippen LogP contribution is 2.08. The molecule has 2 aromatic rings. The number of nitrogens with one attached hydrogen (secondary N) is 2. The van der Waals surface area contributed by atoms with Gasteiger partial charge >= 0.3 is 0 Å². The molecule has 0 saturated carbocycles. The second-order valence-electron chi connectivity index (χ2n) is 4.02. The molecule has 2 heterocycles. The Kier molecular flexibility index (Phi) is 4.77. The molecule has 0 amide bonds. The van der Waals surface area contributed by atoms with Crippen LogP contribution in [0.15, 0.2) is 12.7 Å². The van der Waals surface area contributed by atoms with Gasteiger partial charge in [-0.2, -0.15) is 24.7 Å². The number of anilines is 2. The first-order chi connectivity index (χ1) is 9.72. The third kappa shape index (κ3) is 3.60. The molecule has 0 bridgehead atoms. The fourth-order valence-electron chi connectivity index (χ4n) is 1.55. The first-order valence-corrected chi connectivity index (χ1v) is 6.37. The van der Waals surface area contributed by atoms with Crippen LogP contribution in [0.4, 0.5) is 11.9 Å². The van der Waals surface area contributed by atoms with Gasteiger partial charge in [-0.15, -0.1) is 0 Å². The van der Waals surface area contributed by atoms with Gasteiger partial charge in [-0.1, -0.05) is 0 Å². The van der Waals surface area contributed by atoms with Crippen molar-refractivity contribution in [1.82, 2.24) is 29.7 Å². The molecular weight excluding hydrogens is 260 g/mol. The summed E-state index contributed by atoms with van der Waals surface area (Å²) in [6.07, 6.45) is 3.03. The van der Waals surface area contributed by atoms with Crippen molar-refractivity contribution < 1.29 is 4.74 Å². The lowest BCUT2D eigenvalue weighted by molar-refractivity contribution is 0.0854. The molecule has 0 aromatic carbocycles. The smallest absolute Gasteiger partial charge is 0.258 e. The highest BCUT2D eigenvalue weighted by atomic mass is 16.5. The maximum Gasteiger partial charge on any atom is 0.258 e. The number of hydrogen-bond acceptors (Lipinski definition) is 8. The zero-order valence-electron chi connectivity index (χ0n) is 11.7. The summed E-state index contributed by atoms with van der Waals surface area (Å²) >= 11 is 0. The zero-order chi connectivity index (χ0) is 14.4. The molecule has 9 nitrogen and oxygen atoms in total. The van der Waals surface area contributed by atoms with Crippen molar-refractivity contribution in [3.63, 3.8) is 0 Å². The summed E-state index contributed by atoms with van der Waals surface area (Å²) in [7, 11) is 1.74. The van der Waals surface area contributed by atoms with E-state index in [1.54, 1.807) is 7.05 Å². The van der Waals surface area contributed by atoms with E-state index in [9.17, 15) is 0 Å². The van der Waals surface area contributed by atoms with E-state index in [1.807, 2.05) is 13.8 Å². The zero-order valence-corrected chi connectivity index (χ0v) is 11.7. The molecule has 0 radical (unpaired) electrons. The number of rotatable bonds is 7. The minimum Gasteiger partial charge on any atom is -0.377 e. The number of ether oxygens (including phenoxy) is 1. The van der Waals surface area contributed by atoms with Crippen LogP contribution in [0.1, 0.15) is 13.8 Å². The van der Waals surface area contributed by atoms with Crippen LogP contribution >= 0.6 is 0 Å². The Balaban J connectivity index is 2.14. The maximum absolute atomic E-state index is 5.45. The Morgan fingerprint density at radius 2 is 2.10 bits per heavy atom. The monoisotopic (exact) mass is 278 g/mol. The van der Waals surface area contributed by atoms with Gasteiger partial charge in [-0.25, -0.2) is 4.98 Å². The summed E-state index contributed by atoms with van der Waals surface area (Å²) in [5, 5.41) is 10.0. The third-order valence-corrected chi connectivity index (χ3v) is 2.47. The molecule has 2 aromatic heterocycles. The molecule has 0 spiro atoms. The summed E-state index contributed by atoms with van der Waals surface area (Å²) in [6, 6.07) is 0. The molecule has 1 unspecified atom stereocenters. The van der Waals surface area contributed by atoms with Crippen molar-refractivity contribution in [3.8, 4) is 5.95 Å². The van der Waals surface area contributed by atoms with Crippen molar-refractivity contribution in [2.24, 2.45) is 0 Å². The van der Waals surface area contributed by atoms with Crippen molar-refractivity contribution in [2.45, 2.75) is 20.0 Å². The Bertz CT molecular complexity index is 529. The van der Waals surface area contributed by atoms with Gasteiger partial charge in [0.15, 0.2) is 0 Å². The van der Waals surface area contributed by atoms with E-state index in [2.05, 4.69) is 35.7 Å². The van der Waals surface area contributed by atoms with Crippen molar-refractivity contribution in [3.05, 3.63) is 12.7 Å². The molecule has 108 valence electrons. The van der Waals surface area contributed by atoms with Crippen LogP contribution in [0.3, 0.4) is 0 Å². The van der Waals surface area contributed by atoms with E-state index < -0.39 is 0 Å². The van der Waals surface area contributed by atoms with Crippen molar-refractivity contribution in [1.29, 1.82) is 0 Å². The molecule has 20 heavy (non-hydrogen) atoms. The topological polar surface area (TPSA) is 103 Å². The van der Waals surface area contributed by atoms with E-state index in [0.29, 0.717) is 31.0 Å². The minimum absolute atomic E-state index is 0.0737. The second-order valence-corrected chi connectivity index (χ2v) is 4.02. The Labute approximate surface area is 116 Å². The normalized spacial score (nSPS) is 12.2. The van der Waals surface area contributed by atoms with Crippen LogP contribution in [-0.2, 0) is 4.74 Å². The van der Waals surface area contributed by atoms with Crippen molar-refractivity contribution in [2.75, 3.05) is 30.8 Å². The summed E-state index contributed by atoms with van der Waals surface area (Å²) in [5.74, 6) is 1.31. The first-order valence-electron chi connectivity index (χ1n) is 6.37. The van der Waals surface area contributed by atoms with Crippen molar-refractivity contribution >= 4 is 11.9 Å². The third-order valence-electron chi connectivity index (χ3n) is 2.47. The lowest BCUT2D eigenvalue weighted by atomic mass is 10.4. The Morgan fingerprint density at radius 1 is 1.30 bits per heavy atom. The SMILES string of the molecule is CCOC(C)CNc1nc(NC)nc(-n2cncn2)n1. The van der Waals surface area contributed by atoms with Crippen LogP contribution in [0.5, 0.6) is 0 Å². The van der Waals surface area contributed by atoms with E-state index in [-0.39, 0.29) is 6.10 Å². The fourth-order valence-corrected chi connectivity index (χ4v) is 1.55. The van der Waals surface area contributed by atoms with Gasteiger partial charge in [0.2, 0.25) is 11.9 Å². The number of nitrogens with zero attached hydrogens (tertiary/aromatic N) is 6. The van der Waals surface area contributed by atoms with E-state index in [4.69, 9.17) is 4.74 Å². The van der Waals surface area contributed by atoms with Gasteiger partial charge < -0.3 is 15.4 Å². The van der Waals surface area contributed by atoms with E-state index >= 15 is 0 Å². The van der Waals surface area contributed by atoms with Gasteiger partial charge in [0.25, 0.3) is 5.95 Å². The predicted molar refractivity (Wildman–Crippen MR) is 73.9 cm³/mol. The lowest BCUT2D eigenvalue weighted by Gasteiger charge is -2.13. The summed E-state index contributed by atoms with van der Waals surface area (Å²) in [4.78, 5) is 16.6. The maximum atomic E-state index is 5.45. The average molecular weight is 278 g/mol.